The van der Waals surface area contributed by atoms with E-state index in [9.17, 15) is 4.79 Å². The molecule has 1 aromatic carbocycles. The Morgan fingerprint density at radius 1 is 0.952 bits per heavy atom. The molecule has 0 aromatic heterocycles. The van der Waals surface area contributed by atoms with Crippen molar-refractivity contribution in [3.63, 3.8) is 0 Å². The first-order valence-electron chi connectivity index (χ1n) is 5.89. The average molecular weight is 278 g/mol. The van der Waals surface area contributed by atoms with Crippen LogP contribution in [0.5, 0.6) is 5.75 Å². The number of rotatable bonds is 5. The number of Topliss-reactive ketones (excluding diaryl/α,β-unsaturated/α-hetero) is 1. The molecule has 0 aliphatic carbocycles. The van der Waals surface area contributed by atoms with E-state index in [4.69, 9.17) is 25.8 Å². The summed E-state index contributed by atoms with van der Waals surface area (Å²) in [7, 11) is 1.47. The second-order valence-corrected chi connectivity index (χ2v) is 4.09. The standard InChI is InChI=1S/C15H10N4O2/c1-21-13-4-2-10(3-5-13)15(20)14(11(6-16)7-17)12(8-18)9-19/h2-5,11-12,14H,1H3. The molecule has 1 aromatic rings. The molecule has 0 fully saturated rings. The molecule has 0 radical (unpaired) electrons. The molecule has 0 spiro atoms. The van der Waals surface area contributed by atoms with Gasteiger partial charge in [0.05, 0.1) is 37.3 Å². The molecule has 102 valence electrons. The van der Waals surface area contributed by atoms with Crippen LogP contribution >= 0.6 is 0 Å². The monoisotopic (exact) mass is 278 g/mol. The van der Waals surface area contributed by atoms with E-state index in [0.717, 1.165) is 0 Å². The lowest BCUT2D eigenvalue weighted by molar-refractivity contribution is 0.0890. The summed E-state index contributed by atoms with van der Waals surface area (Å²) < 4.78 is 4.97. The first-order chi connectivity index (χ1) is 10.1. The summed E-state index contributed by atoms with van der Waals surface area (Å²) >= 11 is 0. The normalized spacial score (nSPS) is 9.52. The largest absolute Gasteiger partial charge is 0.497 e. The molecule has 6 heteroatoms. The van der Waals surface area contributed by atoms with Gasteiger partial charge in [-0.2, -0.15) is 21.0 Å². The fourth-order valence-corrected chi connectivity index (χ4v) is 1.82. The molecule has 0 atom stereocenters. The highest BCUT2D eigenvalue weighted by Gasteiger charge is 2.37. The average Bonchev–Trinajstić information content (AvgIpc) is 2.54. The third-order valence-corrected chi connectivity index (χ3v) is 2.95. The fourth-order valence-electron chi connectivity index (χ4n) is 1.82. The molecular weight excluding hydrogens is 268 g/mol. The van der Waals surface area contributed by atoms with Crippen LogP contribution in [0.2, 0.25) is 0 Å². The number of ether oxygens (including phenoxy) is 1. The van der Waals surface area contributed by atoms with Crippen LogP contribution in [0.25, 0.3) is 0 Å². The van der Waals surface area contributed by atoms with Crippen LogP contribution in [-0.4, -0.2) is 12.9 Å². The molecule has 6 nitrogen and oxygen atoms in total. The van der Waals surface area contributed by atoms with Gasteiger partial charge in [0.25, 0.3) is 0 Å². The van der Waals surface area contributed by atoms with Crippen molar-refractivity contribution in [1.82, 2.24) is 0 Å². The maximum Gasteiger partial charge on any atom is 0.170 e. The first kappa shape index (κ1) is 15.7. The number of nitrogens with zero attached hydrogens (tertiary/aromatic N) is 4. The van der Waals surface area contributed by atoms with Crippen molar-refractivity contribution in [2.45, 2.75) is 0 Å². The highest BCUT2D eigenvalue weighted by atomic mass is 16.5. The van der Waals surface area contributed by atoms with Crippen LogP contribution in [0.4, 0.5) is 0 Å². The van der Waals surface area contributed by atoms with Gasteiger partial charge < -0.3 is 4.74 Å². The molecule has 0 unspecified atom stereocenters. The summed E-state index contributed by atoms with van der Waals surface area (Å²) in [6.07, 6.45) is 0. The molecule has 21 heavy (non-hydrogen) atoms. The van der Waals surface area contributed by atoms with Crippen molar-refractivity contribution < 1.29 is 9.53 Å². The maximum absolute atomic E-state index is 12.4. The van der Waals surface area contributed by atoms with Gasteiger partial charge in [0, 0.05) is 5.56 Å². The Hall–Kier alpha value is -3.35. The van der Waals surface area contributed by atoms with E-state index in [-0.39, 0.29) is 5.56 Å². The summed E-state index contributed by atoms with van der Waals surface area (Å²) in [6, 6.07) is 12.7. The third kappa shape index (κ3) is 3.35. The Balaban J connectivity index is 3.23. The van der Waals surface area contributed by atoms with Gasteiger partial charge in [0.1, 0.15) is 17.6 Å². The molecule has 0 heterocycles. The van der Waals surface area contributed by atoms with Gasteiger partial charge in [-0.3, -0.25) is 4.79 Å². The first-order valence-corrected chi connectivity index (χ1v) is 5.89. The number of ketones is 1. The van der Waals surface area contributed by atoms with Gasteiger partial charge in [-0.1, -0.05) is 0 Å². The van der Waals surface area contributed by atoms with Crippen LogP contribution in [0.15, 0.2) is 24.3 Å². The van der Waals surface area contributed by atoms with Crippen LogP contribution in [0.3, 0.4) is 0 Å². The predicted octanol–water partition coefficient (Wildman–Crippen LogP) is 1.82. The zero-order valence-electron chi connectivity index (χ0n) is 11.1. The summed E-state index contributed by atoms with van der Waals surface area (Å²) in [6.45, 7) is 0. The molecule has 0 N–H and O–H groups in total. The quantitative estimate of drug-likeness (QED) is 0.757. The number of carbonyl (C=O) groups is 1. The zero-order chi connectivity index (χ0) is 15.8. The van der Waals surface area contributed by atoms with E-state index in [1.165, 1.54) is 19.2 Å². The number of hydrogen-bond donors (Lipinski definition) is 0. The van der Waals surface area contributed by atoms with Crippen LogP contribution in [-0.2, 0) is 0 Å². The summed E-state index contributed by atoms with van der Waals surface area (Å²) in [5.41, 5.74) is 0.215. The van der Waals surface area contributed by atoms with Gasteiger partial charge in [-0.15, -0.1) is 0 Å². The summed E-state index contributed by atoms with van der Waals surface area (Å²) in [4.78, 5) is 12.4. The minimum absolute atomic E-state index is 0.215. The molecule has 0 amide bonds. The van der Waals surface area contributed by atoms with Crippen molar-refractivity contribution in [2.24, 2.45) is 17.8 Å². The van der Waals surface area contributed by atoms with Gasteiger partial charge in [-0.05, 0) is 24.3 Å². The predicted molar refractivity (Wildman–Crippen MR) is 70.2 cm³/mol. The minimum atomic E-state index is -1.36. The highest BCUT2D eigenvalue weighted by Crippen LogP contribution is 2.26. The lowest BCUT2D eigenvalue weighted by Crippen LogP contribution is -2.28. The Morgan fingerprint density at radius 3 is 1.71 bits per heavy atom. The maximum atomic E-state index is 12.4. The zero-order valence-corrected chi connectivity index (χ0v) is 11.1. The molecule has 0 saturated carbocycles. The number of carbonyl (C=O) groups excluding carboxylic acids is 1. The number of nitriles is 4. The fraction of sp³-hybridized carbons (Fsp3) is 0.267. The molecule has 0 bridgehead atoms. The second-order valence-electron chi connectivity index (χ2n) is 4.09. The highest BCUT2D eigenvalue weighted by molar-refractivity contribution is 5.99. The van der Waals surface area contributed by atoms with Gasteiger partial charge in [0.15, 0.2) is 5.78 Å². The Morgan fingerprint density at radius 2 is 1.38 bits per heavy atom. The van der Waals surface area contributed by atoms with Crippen LogP contribution in [0.1, 0.15) is 10.4 Å². The van der Waals surface area contributed by atoms with Crippen molar-refractivity contribution in [2.75, 3.05) is 7.11 Å². The lowest BCUT2D eigenvalue weighted by Gasteiger charge is -2.16. The van der Waals surface area contributed by atoms with E-state index in [1.54, 1.807) is 36.4 Å². The van der Waals surface area contributed by atoms with Crippen molar-refractivity contribution in [1.29, 1.82) is 21.0 Å². The molecule has 0 saturated heterocycles. The minimum Gasteiger partial charge on any atom is -0.497 e. The van der Waals surface area contributed by atoms with E-state index in [1.807, 2.05) is 0 Å². The van der Waals surface area contributed by atoms with E-state index >= 15 is 0 Å². The Kier molecular flexibility index (Phi) is 5.45. The van der Waals surface area contributed by atoms with Crippen LogP contribution < -0.4 is 4.74 Å². The van der Waals surface area contributed by atoms with E-state index in [2.05, 4.69) is 0 Å². The lowest BCUT2D eigenvalue weighted by atomic mass is 9.79. The van der Waals surface area contributed by atoms with E-state index < -0.39 is 23.5 Å². The number of methoxy groups -OCH3 is 1. The van der Waals surface area contributed by atoms with Gasteiger partial charge in [0.2, 0.25) is 0 Å². The number of hydrogen-bond acceptors (Lipinski definition) is 6. The third-order valence-electron chi connectivity index (χ3n) is 2.95. The molecule has 0 aliphatic heterocycles. The summed E-state index contributed by atoms with van der Waals surface area (Å²) in [5, 5.41) is 35.8. The Bertz CT molecular complexity index is 623. The van der Waals surface area contributed by atoms with Crippen LogP contribution in [0, 0.1) is 63.1 Å². The Labute approximate surface area is 122 Å². The summed E-state index contributed by atoms with van der Waals surface area (Å²) in [5.74, 6) is -4.06. The molecule has 1 rings (SSSR count). The van der Waals surface area contributed by atoms with Gasteiger partial charge >= 0.3 is 0 Å². The smallest absolute Gasteiger partial charge is 0.170 e. The van der Waals surface area contributed by atoms with Gasteiger partial charge in [-0.25, -0.2) is 0 Å². The van der Waals surface area contributed by atoms with E-state index in [0.29, 0.717) is 5.75 Å². The van der Waals surface area contributed by atoms with Crippen molar-refractivity contribution >= 4 is 5.78 Å². The topological polar surface area (TPSA) is 121 Å². The second kappa shape index (κ2) is 7.29. The SMILES string of the molecule is COc1ccc(C(=O)C(C(C#N)C#N)C(C#N)C#N)cc1. The molecular formula is C15H10N4O2. The van der Waals surface area contributed by atoms with Crippen molar-refractivity contribution in [3.05, 3.63) is 29.8 Å². The van der Waals surface area contributed by atoms with Crippen molar-refractivity contribution in [3.8, 4) is 30.0 Å². The number of benzene rings is 1. The molecule has 0 aliphatic rings.